The summed E-state index contributed by atoms with van der Waals surface area (Å²) in [7, 11) is 0. The van der Waals surface area contributed by atoms with E-state index in [9.17, 15) is 14.7 Å². The molecule has 2 N–H and O–H groups in total. The van der Waals surface area contributed by atoms with Crippen molar-refractivity contribution in [2.24, 2.45) is 0 Å². The third kappa shape index (κ3) is 4.68. The van der Waals surface area contributed by atoms with Gasteiger partial charge in [-0.15, -0.1) is 0 Å². The highest BCUT2D eigenvalue weighted by atomic mass is 16.5. The van der Waals surface area contributed by atoms with Gasteiger partial charge in [-0.05, 0) is 11.6 Å². The summed E-state index contributed by atoms with van der Waals surface area (Å²) < 4.78 is 5.18. The predicted molar refractivity (Wildman–Crippen MR) is 81.9 cm³/mol. The first-order valence-corrected chi connectivity index (χ1v) is 7.21. The van der Waals surface area contributed by atoms with E-state index in [1.54, 1.807) is 11.0 Å². The van der Waals surface area contributed by atoms with Crippen LogP contribution in [0.1, 0.15) is 5.56 Å². The summed E-state index contributed by atoms with van der Waals surface area (Å²) in [6.07, 6.45) is 3.01. The second kappa shape index (κ2) is 8.31. The first kappa shape index (κ1) is 16.2. The van der Waals surface area contributed by atoms with Gasteiger partial charge in [-0.3, -0.25) is 9.59 Å². The molecule has 0 saturated carbocycles. The number of amides is 2. The van der Waals surface area contributed by atoms with Crippen molar-refractivity contribution in [3.8, 4) is 0 Å². The van der Waals surface area contributed by atoms with Gasteiger partial charge in [0.15, 0.2) is 0 Å². The van der Waals surface area contributed by atoms with E-state index < -0.39 is 18.6 Å². The van der Waals surface area contributed by atoms with Gasteiger partial charge in [0.25, 0.3) is 0 Å². The molecule has 6 nitrogen and oxygen atoms in total. The quantitative estimate of drug-likeness (QED) is 0.753. The lowest BCUT2D eigenvalue weighted by Gasteiger charge is -2.29. The van der Waals surface area contributed by atoms with E-state index in [2.05, 4.69) is 5.32 Å². The standard InChI is InChI=1S/C16H20N2O4/c19-12-14(16(21)18-8-10-22-11-9-18)17-15(20)7-6-13-4-2-1-3-5-13/h1-7,14,19H,8-12H2,(H,17,20). The summed E-state index contributed by atoms with van der Waals surface area (Å²) in [5.74, 6) is -0.697. The molecule has 1 aromatic carbocycles. The zero-order chi connectivity index (χ0) is 15.8. The van der Waals surface area contributed by atoms with E-state index >= 15 is 0 Å². The second-order valence-corrected chi connectivity index (χ2v) is 4.93. The SMILES string of the molecule is O=C(C=Cc1ccccc1)NC(CO)C(=O)N1CCOCC1. The maximum absolute atomic E-state index is 12.2. The van der Waals surface area contributed by atoms with Crippen molar-refractivity contribution in [3.05, 3.63) is 42.0 Å². The molecule has 0 radical (unpaired) electrons. The van der Waals surface area contributed by atoms with Crippen LogP contribution in [0, 0.1) is 0 Å². The van der Waals surface area contributed by atoms with Crippen LogP contribution in [-0.2, 0) is 14.3 Å². The molecular weight excluding hydrogens is 284 g/mol. The van der Waals surface area contributed by atoms with E-state index in [1.165, 1.54) is 6.08 Å². The predicted octanol–water partition coefficient (Wildman–Crippen LogP) is 0.0357. The number of rotatable bonds is 5. The number of ether oxygens (including phenoxy) is 1. The fourth-order valence-electron chi connectivity index (χ4n) is 2.15. The number of aliphatic hydroxyl groups is 1. The Morgan fingerprint density at radius 3 is 2.59 bits per heavy atom. The van der Waals surface area contributed by atoms with Gasteiger partial charge in [0.2, 0.25) is 11.8 Å². The Hall–Kier alpha value is -2.18. The Kier molecular flexibility index (Phi) is 6.12. The van der Waals surface area contributed by atoms with Crippen molar-refractivity contribution < 1.29 is 19.4 Å². The number of morpholine rings is 1. The minimum atomic E-state index is -0.925. The van der Waals surface area contributed by atoms with Crippen LogP contribution in [-0.4, -0.2) is 60.8 Å². The molecule has 0 bridgehead atoms. The Labute approximate surface area is 129 Å². The van der Waals surface area contributed by atoms with E-state index in [1.807, 2.05) is 30.3 Å². The van der Waals surface area contributed by atoms with Crippen LogP contribution in [0.4, 0.5) is 0 Å². The van der Waals surface area contributed by atoms with E-state index in [0.29, 0.717) is 26.3 Å². The number of carbonyl (C=O) groups is 2. The first-order valence-electron chi connectivity index (χ1n) is 7.21. The van der Waals surface area contributed by atoms with Crippen molar-refractivity contribution in [3.63, 3.8) is 0 Å². The monoisotopic (exact) mass is 304 g/mol. The average Bonchev–Trinajstić information content (AvgIpc) is 2.59. The zero-order valence-corrected chi connectivity index (χ0v) is 12.3. The Morgan fingerprint density at radius 2 is 1.95 bits per heavy atom. The molecule has 2 amide bonds. The van der Waals surface area contributed by atoms with Crippen LogP contribution in [0.25, 0.3) is 6.08 Å². The normalized spacial score (nSPS) is 16.5. The molecule has 1 unspecified atom stereocenters. The van der Waals surface area contributed by atoms with Crippen LogP contribution in [0.3, 0.4) is 0 Å². The smallest absolute Gasteiger partial charge is 0.247 e. The first-order chi connectivity index (χ1) is 10.7. The molecule has 0 spiro atoms. The average molecular weight is 304 g/mol. The number of benzene rings is 1. The Morgan fingerprint density at radius 1 is 1.27 bits per heavy atom. The third-order valence-corrected chi connectivity index (χ3v) is 3.35. The molecule has 0 aliphatic carbocycles. The van der Waals surface area contributed by atoms with Gasteiger partial charge in [-0.2, -0.15) is 0 Å². The molecule has 1 saturated heterocycles. The second-order valence-electron chi connectivity index (χ2n) is 4.93. The molecule has 1 aliphatic rings. The van der Waals surface area contributed by atoms with E-state index in [-0.39, 0.29) is 5.91 Å². The fraction of sp³-hybridized carbons (Fsp3) is 0.375. The van der Waals surface area contributed by atoms with Crippen molar-refractivity contribution in [1.82, 2.24) is 10.2 Å². The molecule has 1 heterocycles. The lowest BCUT2D eigenvalue weighted by molar-refractivity contribution is -0.140. The highest BCUT2D eigenvalue weighted by molar-refractivity contribution is 5.95. The summed E-state index contributed by atoms with van der Waals surface area (Å²) >= 11 is 0. The molecule has 1 aromatic rings. The lowest BCUT2D eigenvalue weighted by Crippen LogP contribution is -2.53. The van der Waals surface area contributed by atoms with Gasteiger partial charge >= 0.3 is 0 Å². The van der Waals surface area contributed by atoms with Crippen molar-refractivity contribution >= 4 is 17.9 Å². The molecule has 6 heteroatoms. The maximum Gasteiger partial charge on any atom is 0.247 e. The van der Waals surface area contributed by atoms with Crippen LogP contribution in [0.15, 0.2) is 36.4 Å². The topological polar surface area (TPSA) is 78.9 Å². The molecule has 1 aliphatic heterocycles. The summed E-state index contributed by atoms with van der Waals surface area (Å²) in [4.78, 5) is 25.7. The van der Waals surface area contributed by atoms with Crippen molar-refractivity contribution in [2.45, 2.75) is 6.04 Å². The van der Waals surface area contributed by atoms with E-state index in [0.717, 1.165) is 5.56 Å². The molecule has 0 aromatic heterocycles. The molecule has 1 atom stereocenters. The summed E-state index contributed by atoms with van der Waals surface area (Å²) in [5, 5.41) is 11.9. The van der Waals surface area contributed by atoms with Gasteiger partial charge in [0.05, 0.1) is 19.8 Å². The fourth-order valence-corrected chi connectivity index (χ4v) is 2.15. The number of hydrogen-bond donors (Lipinski definition) is 2. The zero-order valence-electron chi connectivity index (χ0n) is 12.3. The van der Waals surface area contributed by atoms with Crippen molar-refractivity contribution in [1.29, 1.82) is 0 Å². The summed E-state index contributed by atoms with van der Waals surface area (Å²) in [6, 6.07) is 8.44. The van der Waals surface area contributed by atoms with Gasteiger partial charge in [0.1, 0.15) is 6.04 Å². The van der Waals surface area contributed by atoms with E-state index in [4.69, 9.17) is 4.74 Å². The summed E-state index contributed by atoms with van der Waals surface area (Å²) in [5.41, 5.74) is 0.887. The minimum Gasteiger partial charge on any atom is -0.394 e. The number of nitrogens with one attached hydrogen (secondary N) is 1. The molecule has 1 fully saturated rings. The molecule has 118 valence electrons. The van der Waals surface area contributed by atoms with Gasteiger partial charge in [-0.25, -0.2) is 0 Å². The third-order valence-electron chi connectivity index (χ3n) is 3.35. The van der Waals surface area contributed by atoms with Crippen LogP contribution in [0.5, 0.6) is 0 Å². The summed E-state index contributed by atoms with van der Waals surface area (Å²) in [6.45, 7) is 1.48. The molecular formula is C16H20N2O4. The number of aliphatic hydroxyl groups excluding tert-OH is 1. The van der Waals surface area contributed by atoms with Crippen molar-refractivity contribution in [2.75, 3.05) is 32.9 Å². The number of nitrogens with zero attached hydrogens (tertiary/aromatic N) is 1. The molecule has 2 rings (SSSR count). The maximum atomic E-state index is 12.2. The van der Waals surface area contributed by atoms with Gasteiger partial charge in [0, 0.05) is 19.2 Å². The van der Waals surface area contributed by atoms with Gasteiger partial charge in [-0.1, -0.05) is 30.3 Å². The lowest BCUT2D eigenvalue weighted by atomic mass is 10.2. The largest absolute Gasteiger partial charge is 0.394 e. The van der Waals surface area contributed by atoms with Crippen LogP contribution in [0.2, 0.25) is 0 Å². The number of hydrogen-bond acceptors (Lipinski definition) is 4. The van der Waals surface area contributed by atoms with Crippen LogP contribution < -0.4 is 5.32 Å². The van der Waals surface area contributed by atoms with Gasteiger partial charge < -0.3 is 20.1 Å². The Balaban J connectivity index is 1.90. The van der Waals surface area contributed by atoms with Crippen LogP contribution >= 0.6 is 0 Å². The highest BCUT2D eigenvalue weighted by Gasteiger charge is 2.25. The minimum absolute atomic E-state index is 0.285. The number of carbonyl (C=O) groups excluding carboxylic acids is 2. The highest BCUT2D eigenvalue weighted by Crippen LogP contribution is 2.03. The Bertz CT molecular complexity index is 524. The molecule has 22 heavy (non-hydrogen) atoms.